The molecule has 0 radical (unpaired) electrons. The molecule has 38 heavy (non-hydrogen) atoms. The van der Waals surface area contributed by atoms with E-state index in [4.69, 9.17) is 30.8 Å². The van der Waals surface area contributed by atoms with E-state index in [0.717, 1.165) is 23.2 Å². The fraction of sp³-hybridized carbons (Fsp3) is 0.250. The van der Waals surface area contributed by atoms with Crippen LogP contribution in [0.25, 0.3) is 33.5 Å². The number of hydrogen-bond acceptors (Lipinski definition) is 7. The van der Waals surface area contributed by atoms with Gasteiger partial charge in [0, 0.05) is 24.5 Å². The highest BCUT2D eigenvalue weighted by molar-refractivity contribution is 6.33. The highest BCUT2D eigenvalue weighted by Gasteiger charge is 2.48. The molecule has 2 saturated heterocycles. The number of imidazole rings is 2. The van der Waals surface area contributed by atoms with Gasteiger partial charge in [-0.05, 0) is 22.8 Å². The number of aliphatic hydroxyl groups is 1. The Balaban J connectivity index is 1.09. The van der Waals surface area contributed by atoms with Crippen molar-refractivity contribution in [1.82, 2.24) is 24.5 Å². The Labute approximate surface area is 223 Å². The maximum atomic E-state index is 9.95. The van der Waals surface area contributed by atoms with Crippen LogP contribution in [-0.4, -0.2) is 67.2 Å². The average Bonchev–Trinajstić information content (AvgIpc) is 3.72. The van der Waals surface area contributed by atoms with E-state index in [2.05, 4.69) is 51.4 Å². The minimum Gasteiger partial charge on any atom is -0.456 e. The van der Waals surface area contributed by atoms with Crippen molar-refractivity contribution in [3.8, 4) is 28.4 Å². The van der Waals surface area contributed by atoms with Crippen molar-refractivity contribution in [3.05, 3.63) is 83.9 Å². The van der Waals surface area contributed by atoms with Gasteiger partial charge in [0.1, 0.15) is 18.3 Å². The van der Waals surface area contributed by atoms with Crippen molar-refractivity contribution < 1.29 is 19.3 Å². The zero-order chi connectivity index (χ0) is 25.6. The van der Waals surface area contributed by atoms with Crippen molar-refractivity contribution in [2.45, 2.75) is 31.0 Å². The number of ether oxygens (including phenoxy) is 3. The summed E-state index contributed by atoms with van der Waals surface area (Å²) >= 11 is 6.61. The molecule has 0 bridgehead atoms. The smallest absolute Gasteiger partial charge is 0.296 e. The van der Waals surface area contributed by atoms with Crippen molar-refractivity contribution in [3.63, 3.8) is 0 Å². The highest BCUT2D eigenvalue weighted by Crippen LogP contribution is 2.33. The molecule has 10 heteroatoms. The molecule has 0 spiro atoms. The number of H-pyrrole nitrogens is 1. The summed E-state index contributed by atoms with van der Waals surface area (Å²) in [5.41, 5.74) is 6.15. The van der Waals surface area contributed by atoms with E-state index in [9.17, 15) is 5.11 Å². The van der Waals surface area contributed by atoms with E-state index >= 15 is 0 Å². The minimum absolute atomic E-state index is 0.242. The molecule has 5 heterocycles. The SMILES string of the molecule is O[C@@H]1CO[C@H]2[C@@H]1OC[C@H]2Oc1nc2nc(-c3ccc(-c4ccc(Cn5ccnc5)cc4)cc3)c(Cl)cc2[nH]1. The zero-order valence-corrected chi connectivity index (χ0v) is 21.0. The van der Waals surface area contributed by atoms with Crippen LogP contribution in [0.4, 0.5) is 0 Å². The molecule has 3 aromatic heterocycles. The molecule has 5 aromatic rings. The first-order valence-corrected chi connectivity index (χ1v) is 12.8. The zero-order valence-electron chi connectivity index (χ0n) is 20.2. The summed E-state index contributed by atoms with van der Waals surface area (Å²) in [7, 11) is 0. The Morgan fingerprint density at radius 1 is 0.974 bits per heavy atom. The third kappa shape index (κ3) is 4.33. The predicted octanol–water partition coefficient (Wildman–Crippen LogP) is 4.10. The van der Waals surface area contributed by atoms with Crippen LogP contribution >= 0.6 is 11.6 Å². The van der Waals surface area contributed by atoms with Gasteiger partial charge >= 0.3 is 0 Å². The number of nitrogens with zero attached hydrogens (tertiary/aromatic N) is 4. The molecule has 0 unspecified atom stereocenters. The first-order chi connectivity index (χ1) is 18.6. The first-order valence-electron chi connectivity index (χ1n) is 12.4. The predicted molar refractivity (Wildman–Crippen MR) is 141 cm³/mol. The van der Waals surface area contributed by atoms with Gasteiger partial charge < -0.3 is 28.9 Å². The Bertz CT molecular complexity index is 1570. The Hall–Kier alpha value is -3.76. The van der Waals surface area contributed by atoms with E-state index in [-0.39, 0.29) is 24.9 Å². The number of aromatic nitrogens is 5. The second-order valence-corrected chi connectivity index (χ2v) is 9.97. The van der Waals surface area contributed by atoms with Crippen LogP contribution in [0.15, 0.2) is 73.3 Å². The first kappa shape index (κ1) is 23.4. The minimum atomic E-state index is -0.633. The van der Waals surface area contributed by atoms with Crippen molar-refractivity contribution in [2.75, 3.05) is 13.2 Å². The molecule has 0 saturated carbocycles. The topological polar surface area (TPSA) is 107 Å². The molecule has 2 fully saturated rings. The van der Waals surface area contributed by atoms with E-state index in [1.807, 2.05) is 29.2 Å². The van der Waals surface area contributed by atoms with Gasteiger partial charge in [-0.1, -0.05) is 60.1 Å². The third-order valence-corrected chi connectivity index (χ3v) is 7.31. The molecule has 7 rings (SSSR count). The second-order valence-electron chi connectivity index (χ2n) is 9.56. The van der Waals surface area contributed by atoms with Gasteiger partial charge in [-0.3, -0.25) is 0 Å². The fourth-order valence-electron chi connectivity index (χ4n) is 5.06. The molecule has 9 nitrogen and oxygen atoms in total. The quantitative estimate of drug-likeness (QED) is 0.341. The standard InChI is InChI=1S/C28H24ClN5O4/c29-20-11-21-27(33-28(31-21)38-23-14-37-25-22(35)13-36-26(23)25)32-24(20)19-7-5-18(6-8-19)17-3-1-16(2-4-17)12-34-10-9-30-15-34/h1-11,15,22-23,25-26,35H,12-14H2,(H,31,32,33)/t22-,23-,25-,26-/m1/s1. The van der Waals surface area contributed by atoms with Crippen molar-refractivity contribution in [1.29, 1.82) is 0 Å². The monoisotopic (exact) mass is 529 g/mol. The molecular weight excluding hydrogens is 506 g/mol. The lowest BCUT2D eigenvalue weighted by Crippen LogP contribution is -2.34. The highest BCUT2D eigenvalue weighted by atomic mass is 35.5. The number of aliphatic hydroxyl groups excluding tert-OH is 1. The van der Waals surface area contributed by atoms with Crippen LogP contribution in [0.2, 0.25) is 5.02 Å². The number of halogens is 1. The molecule has 4 atom stereocenters. The summed E-state index contributed by atoms with van der Waals surface area (Å²) in [6.07, 6.45) is 3.87. The maximum absolute atomic E-state index is 9.95. The lowest BCUT2D eigenvalue weighted by Gasteiger charge is -2.15. The van der Waals surface area contributed by atoms with Crippen LogP contribution in [0.1, 0.15) is 5.56 Å². The molecule has 2 aliphatic rings. The van der Waals surface area contributed by atoms with Gasteiger partial charge in [-0.2, -0.15) is 4.98 Å². The molecule has 2 N–H and O–H groups in total. The number of rotatable bonds is 6. The summed E-state index contributed by atoms with van der Waals surface area (Å²) in [4.78, 5) is 16.4. The Morgan fingerprint density at radius 3 is 2.47 bits per heavy atom. The average molecular weight is 530 g/mol. The summed E-state index contributed by atoms with van der Waals surface area (Å²) in [6.45, 7) is 1.35. The Kier molecular flexibility index (Phi) is 5.85. The lowest BCUT2D eigenvalue weighted by molar-refractivity contribution is 0.00706. The summed E-state index contributed by atoms with van der Waals surface area (Å²) in [5, 5.41) is 10.5. The molecule has 2 aromatic carbocycles. The van der Waals surface area contributed by atoms with E-state index < -0.39 is 6.10 Å². The second kappa shape index (κ2) is 9.52. The van der Waals surface area contributed by atoms with Crippen molar-refractivity contribution in [2.24, 2.45) is 0 Å². The van der Waals surface area contributed by atoms with Gasteiger partial charge in [0.25, 0.3) is 6.01 Å². The largest absolute Gasteiger partial charge is 0.456 e. The van der Waals surface area contributed by atoms with Crippen LogP contribution < -0.4 is 4.74 Å². The summed E-state index contributed by atoms with van der Waals surface area (Å²) in [6, 6.07) is 18.8. The Morgan fingerprint density at radius 2 is 1.71 bits per heavy atom. The van der Waals surface area contributed by atoms with Crippen molar-refractivity contribution >= 4 is 22.8 Å². The summed E-state index contributed by atoms with van der Waals surface area (Å²) in [5.74, 6) is 0. The van der Waals surface area contributed by atoms with Gasteiger partial charge in [-0.15, -0.1) is 0 Å². The number of hydrogen-bond donors (Lipinski definition) is 2. The molecule has 192 valence electrons. The molecule has 0 amide bonds. The van der Waals surface area contributed by atoms with Crippen LogP contribution in [-0.2, 0) is 16.0 Å². The number of fused-ring (bicyclic) bond motifs is 2. The molecular formula is C28H24ClN5O4. The number of pyridine rings is 1. The lowest BCUT2D eigenvalue weighted by atomic mass is 10.0. The number of nitrogens with one attached hydrogen (secondary N) is 1. The van der Waals surface area contributed by atoms with Crippen LogP contribution in [0.5, 0.6) is 6.01 Å². The normalized spacial score (nSPS) is 22.7. The third-order valence-electron chi connectivity index (χ3n) is 7.02. The summed E-state index contributed by atoms with van der Waals surface area (Å²) < 4.78 is 19.3. The molecule has 0 aliphatic carbocycles. The molecule has 2 aliphatic heterocycles. The van der Waals surface area contributed by atoms with E-state index in [0.29, 0.717) is 34.5 Å². The van der Waals surface area contributed by atoms with Crippen LogP contribution in [0, 0.1) is 0 Å². The van der Waals surface area contributed by atoms with Gasteiger partial charge in [-0.25, -0.2) is 9.97 Å². The van der Waals surface area contributed by atoms with Crippen LogP contribution in [0.3, 0.4) is 0 Å². The van der Waals surface area contributed by atoms with Gasteiger partial charge in [0.05, 0.1) is 35.8 Å². The van der Waals surface area contributed by atoms with Gasteiger partial charge in [0.15, 0.2) is 11.8 Å². The number of benzene rings is 2. The van der Waals surface area contributed by atoms with E-state index in [1.165, 1.54) is 5.56 Å². The van der Waals surface area contributed by atoms with Gasteiger partial charge in [0.2, 0.25) is 0 Å². The maximum Gasteiger partial charge on any atom is 0.296 e. The van der Waals surface area contributed by atoms with E-state index in [1.54, 1.807) is 12.3 Å². The number of aromatic amines is 1. The fourth-order valence-corrected chi connectivity index (χ4v) is 5.32.